The third-order valence-electron chi connectivity index (χ3n) is 7.96. The molecule has 1 aromatic heterocycles. The normalized spacial score (nSPS) is 12.3. The number of nitrogens with zero attached hydrogens (tertiary/aromatic N) is 4. The number of benzene rings is 3. The molecule has 1 amide bonds. The average molecular weight is 774 g/mol. The van der Waals surface area contributed by atoms with E-state index in [1.54, 1.807) is 4.90 Å². The van der Waals surface area contributed by atoms with Crippen LogP contribution in [-0.2, 0) is 47.0 Å². The summed E-state index contributed by atoms with van der Waals surface area (Å²) in [4.78, 5) is 20.1. The van der Waals surface area contributed by atoms with Gasteiger partial charge in [-0.2, -0.15) is 0 Å². The van der Waals surface area contributed by atoms with Crippen LogP contribution in [0.15, 0.2) is 73.1 Å². The summed E-state index contributed by atoms with van der Waals surface area (Å²) in [6.07, 6.45) is 0.540. The van der Waals surface area contributed by atoms with E-state index in [2.05, 4.69) is 43.0 Å². The van der Waals surface area contributed by atoms with Crippen molar-refractivity contribution in [2.45, 2.75) is 52.5 Å². The van der Waals surface area contributed by atoms with E-state index in [-0.39, 0.29) is 60.0 Å². The van der Waals surface area contributed by atoms with E-state index in [4.69, 9.17) is 51.6 Å². The maximum Gasteiger partial charge on any atom is 0.295 e. The van der Waals surface area contributed by atoms with Gasteiger partial charge in [0.15, 0.2) is 12.0 Å². The SMILES string of the molecule is CCOCCOCCOCC(OCCOCCOCc1ccccc1)N(Cc1ccc(C(C)(C)C)cc1)C(=O)c1ncn(-c2cc(Cl)c(O)c(Cl)c2)n1. The van der Waals surface area contributed by atoms with Gasteiger partial charge in [0.05, 0.1) is 81.8 Å². The summed E-state index contributed by atoms with van der Waals surface area (Å²) in [5.41, 5.74) is 3.51. The van der Waals surface area contributed by atoms with Crippen LogP contribution in [0.1, 0.15) is 55.0 Å². The molecule has 14 heteroatoms. The number of halogens is 2. The van der Waals surface area contributed by atoms with E-state index in [9.17, 15) is 9.90 Å². The van der Waals surface area contributed by atoms with E-state index in [0.29, 0.717) is 51.9 Å². The minimum atomic E-state index is -0.837. The van der Waals surface area contributed by atoms with Crippen LogP contribution in [0, 0.1) is 0 Å². The van der Waals surface area contributed by atoms with E-state index in [1.807, 2.05) is 49.4 Å². The predicted molar refractivity (Wildman–Crippen MR) is 203 cm³/mol. The Kier molecular flexibility index (Phi) is 17.5. The molecule has 12 nitrogen and oxygen atoms in total. The van der Waals surface area contributed by atoms with Gasteiger partial charge >= 0.3 is 0 Å². The van der Waals surface area contributed by atoms with E-state index >= 15 is 0 Å². The predicted octanol–water partition coefficient (Wildman–Crippen LogP) is 6.87. The van der Waals surface area contributed by atoms with Crippen molar-refractivity contribution in [2.24, 2.45) is 0 Å². The molecule has 3 aromatic carbocycles. The number of rotatable bonds is 23. The van der Waals surface area contributed by atoms with Gasteiger partial charge in [0.2, 0.25) is 5.82 Å². The number of carbonyl (C=O) groups is 1. The third-order valence-corrected chi connectivity index (χ3v) is 8.54. The lowest BCUT2D eigenvalue weighted by atomic mass is 9.87. The zero-order valence-corrected chi connectivity index (χ0v) is 32.4. The van der Waals surface area contributed by atoms with Crippen LogP contribution in [-0.4, -0.2) is 103 Å². The topological polar surface area (TPSA) is 127 Å². The highest BCUT2D eigenvalue weighted by Gasteiger charge is 2.29. The van der Waals surface area contributed by atoms with Crippen molar-refractivity contribution in [1.82, 2.24) is 19.7 Å². The molecule has 0 aliphatic rings. The van der Waals surface area contributed by atoms with Gasteiger partial charge in [0, 0.05) is 13.2 Å². The lowest BCUT2D eigenvalue weighted by Gasteiger charge is -2.31. The van der Waals surface area contributed by atoms with Gasteiger partial charge in [-0.15, -0.1) is 5.10 Å². The van der Waals surface area contributed by atoms with Crippen LogP contribution in [0.25, 0.3) is 5.69 Å². The molecule has 0 fully saturated rings. The Balaban J connectivity index is 1.48. The lowest BCUT2D eigenvalue weighted by Crippen LogP contribution is -2.45. The Morgan fingerprint density at radius 1 is 0.811 bits per heavy atom. The number of ether oxygens (including phenoxy) is 6. The fourth-order valence-corrected chi connectivity index (χ4v) is 5.51. The highest BCUT2D eigenvalue weighted by atomic mass is 35.5. The van der Waals surface area contributed by atoms with Gasteiger partial charge in [0.25, 0.3) is 5.91 Å². The molecule has 53 heavy (non-hydrogen) atoms. The molecule has 1 N–H and O–H groups in total. The van der Waals surface area contributed by atoms with Gasteiger partial charge < -0.3 is 38.4 Å². The first kappa shape index (κ1) is 42.2. The highest BCUT2D eigenvalue weighted by Crippen LogP contribution is 2.33. The van der Waals surface area contributed by atoms with Crippen molar-refractivity contribution in [3.8, 4) is 11.4 Å². The molecule has 0 aliphatic heterocycles. The van der Waals surface area contributed by atoms with Crippen LogP contribution in [0.3, 0.4) is 0 Å². The van der Waals surface area contributed by atoms with Gasteiger partial charge in [0.1, 0.15) is 6.33 Å². The van der Waals surface area contributed by atoms with Gasteiger partial charge in [-0.3, -0.25) is 4.79 Å². The molecular formula is C39H50Cl2N4O8. The Bertz CT molecular complexity index is 1650. The summed E-state index contributed by atoms with van der Waals surface area (Å²) >= 11 is 12.3. The Hall–Kier alpha value is -3.59. The summed E-state index contributed by atoms with van der Waals surface area (Å²) in [5.74, 6) is -0.826. The molecule has 4 rings (SSSR count). The first-order valence-corrected chi connectivity index (χ1v) is 18.4. The van der Waals surface area contributed by atoms with Gasteiger partial charge in [-0.25, -0.2) is 9.67 Å². The molecule has 0 bridgehead atoms. The number of phenols is 1. The molecule has 0 aliphatic carbocycles. The van der Waals surface area contributed by atoms with Crippen LogP contribution in [0.4, 0.5) is 0 Å². The molecule has 0 saturated heterocycles. The minimum Gasteiger partial charge on any atom is -0.505 e. The van der Waals surface area contributed by atoms with Crippen molar-refractivity contribution >= 4 is 29.1 Å². The molecule has 0 saturated carbocycles. The molecule has 0 spiro atoms. The van der Waals surface area contributed by atoms with E-state index in [1.165, 1.54) is 23.1 Å². The largest absolute Gasteiger partial charge is 0.505 e. The van der Waals surface area contributed by atoms with Gasteiger partial charge in [-0.1, -0.05) is 98.6 Å². The van der Waals surface area contributed by atoms with E-state index in [0.717, 1.165) is 16.7 Å². The summed E-state index contributed by atoms with van der Waals surface area (Å²) in [6.45, 7) is 12.5. The summed E-state index contributed by atoms with van der Waals surface area (Å²) in [5, 5.41) is 14.5. The first-order chi connectivity index (χ1) is 25.6. The second-order valence-electron chi connectivity index (χ2n) is 13.0. The summed E-state index contributed by atoms with van der Waals surface area (Å²) < 4.78 is 36.1. The van der Waals surface area contributed by atoms with Crippen LogP contribution >= 0.6 is 23.2 Å². The van der Waals surface area contributed by atoms with Crippen molar-refractivity contribution in [1.29, 1.82) is 0 Å². The third kappa shape index (κ3) is 14.0. The number of phenolic OH excluding ortho intramolecular Hbond substituents is 1. The second kappa shape index (κ2) is 21.9. The Morgan fingerprint density at radius 2 is 1.42 bits per heavy atom. The number of hydrogen-bond acceptors (Lipinski definition) is 10. The molecule has 1 unspecified atom stereocenters. The van der Waals surface area contributed by atoms with Crippen molar-refractivity contribution in [2.75, 3.05) is 66.1 Å². The lowest BCUT2D eigenvalue weighted by molar-refractivity contribution is -0.109. The number of aromatic nitrogens is 3. The monoisotopic (exact) mass is 772 g/mol. The number of carbonyl (C=O) groups excluding carboxylic acids is 1. The summed E-state index contributed by atoms with van der Waals surface area (Å²) in [6, 6.07) is 21.0. The number of aromatic hydroxyl groups is 1. The van der Waals surface area contributed by atoms with Crippen LogP contribution < -0.4 is 0 Å². The fraction of sp³-hybridized carbons (Fsp3) is 0.462. The standard InChI is InChI=1S/C39H50Cl2N4O8/c1-5-48-15-16-49-18-20-52-27-35(53-22-21-50-17-19-51-26-30-9-7-6-8-10-30)44(25-29-11-13-31(14-12-29)39(2,3)4)38(47)37-42-28-45(43-37)32-23-33(40)36(46)34(41)24-32/h6-14,23-24,28,35,46H,5,15-22,25-27H2,1-4H3. The zero-order chi connectivity index (χ0) is 38.1. The van der Waals surface area contributed by atoms with Crippen LogP contribution in [0.5, 0.6) is 5.75 Å². The molecular weight excluding hydrogens is 723 g/mol. The second-order valence-corrected chi connectivity index (χ2v) is 13.8. The maximum absolute atomic E-state index is 14.3. The molecule has 1 heterocycles. The highest BCUT2D eigenvalue weighted by molar-refractivity contribution is 6.37. The zero-order valence-electron chi connectivity index (χ0n) is 30.8. The Morgan fingerprint density at radius 3 is 2.06 bits per heavy atom. The number of amides is 1. The summed E-state index contributed by atoms with van der Waals surface area (Å²) in [7, 11) is 0. The van der Waals surface area contributed by atoms with Crippen LogP contribution in [0.2, 0.25) is 10.0 Å². The Labute approximate surface area is 321 Å². The van der Waals surface area contributed by atoms with Crippen molar-refractivity contribution < 1.29 is 38.3 Å². The average Bonchev–Trinajstić information content (AvgIpc) is 3.65. The van der Waals surface area contributed by atoms with Crippen molar-refractivity contribution in [3.63, 3.8) is 0 Å². The van der Waals surface area contributed by atoms with Crippen molar-refractivity contribution in [3.05, 3.63) is 106 Å². The minimum absolute atomic E-state index is 0.0358. The quantitative estimate of drug-likeness (QED) is 0.0631. The molecule has 4 aromatic rings. The maximum atomic E-state index is 14.3. The first-order valence-electron chi connectivity index (χ1n) is 17.6. The smallest absolute Gasteiger partial charge is 0.295 e. The van der Waals surface area contributed by atoms with E-state index < -0.39 is 12.1 Å². The number of hydrogen-bond donors (Lipinski definition) is 1. The molecule has 1 atom stereocenters. The molecule has 0 radical (unpaired) electrons. The molecule has 288 valence electrons. The fourth-order valence-electron chi connectivity index (χ4n) is 5.03. The van der Waals surface area contributed by atoms with Gasteiger partial charge in [-0.05, 0) is 41.2 Å².